The molecule has 1 rings (SSSR count). The van der Waals surface area contributed by atoms with Gasteiger partial charge in [0.1, 0.15) is 19.8 Å². The van der Waals surface area contributed by atoms with E-state index in [4.69, 9.17) is 38.2 Å². The fraction of sp³-hybridized carbons (Fsp3) is 0.559. The molecule has 8 nitrogen and oxygen atoms in total. The third-order valence-corrected chi connectivity index (χ3v) is 6.48. The van der Waals surface area contributed by atoms with Gasteiger partial charge in [0, 0.05) is 18.4 Å². The molecule has 0 unspecified atom stereocenters. The molecule has 1 N–H and O–H groups in total. The Balaban J connectivity index is 2.86. The lowest BCUT2D eigenvalue weighted by molar-refractivity contribution is -0.149. The number of hydrogen-bond acceptors (Lipinski definition) is 7. The molecule has 0 amide bonds. The van der Waals surface area contributed by atoms with E-state index >= 15 is 0 Å². The van der Waals surface area contributed by atoms with Crippen molar-refractivity contribution >= 4 is 17.7 Å². The molecule has 0 aliphatic rings. The molecule has 1 aromatic rings. The molecule has 0 aromatic heterocycles. The average molecular weight is 581 g/mol. The number of ketones is 1. The van der Waals surface area contributed by atoms with Crippen LogP contribution in [0, 0.1) is 42.9 Å². The van der Waals surface area contributed by atoms with Gasteiger partial charge in [-0.05, 0) is 25.0 Å². The van der Waals surface area contributed by atoms with Gasteiger partial charge in [-0.25, -0.2) is 0 Å². The van der Waals surface area contributed by atoms with E-state index in [1.54, 1.807) is 0 Å². The van der Waals surface area contributed by atoms with Crippen LogP contribution in [0.4, 0.5) is 0 Å². The fourth-order valence-electron chi connectivity index (χ4n) is 4.27. The van der Waals surface area contributed by atoms with Crippen LogP contribution in [0.15, 0.2) is 12.1 Å². The van der Waals surface area contributed by atoms with E-state index in [-0.39, 0.29) is 68.5 Å². The van der Waals surface area contributed by atoms with Crippen LogP contribution in [-0.2, 0) is 14.3 Å². The first kappa shape index (κ1) is 35.9. The summed E-state index contributed by atoms with van der Waals surface area (Å²) in [6.45, 7) is 2.09. The standard InChI is InChI=1S/C34H44O8/c1-5-9-10-11-12-13-14-15-16-17-23-42-34(38)27(18-19-32(36)37)24-29(35)28-25-30(39-20-6-2)33(41-22-8-4)31(26-28)40-21-7-3/h2-4,25-27H,5,9-24H2,1H3,(H,36,37)/t27-/m0/s1. The average Bonchev–Trinajstić information content (AvgIpc) is 2.98. The van der Waals surface area contributed by atoms with Gasteiger partial charge in [-0.2, -0.15) is 0 Å². The summed E-state index contributed by atoms with van der Waals surface area (Å²) in [5, 5.41) is 9.18. The van der Waals surface area contributed by atoms with Crippen LogP contribution in [-0.4, -0.2) is 49.3 Å². The number of hydrogen-bond donors (Lipinski definition) is 1. The van der Waals surface area contributed by atoms with E-state index in [2.05, 4.69) is 24.7 Å². The third-order valence-electron chi connectivity index (χ3n) is 6.48. The number of rotatable bonds is 24. The van der Waals surface area contributed by atoms with Crippen molar-refractivity contribution in [2.75, 3.05) is 26.4 Å². The van der Waals surface area contributed by atoms with Crippen molar-refractivity contribution in [1.29, 1.82) is 0 Å². The van der Waals surface area contributed by atoms with Crippen molar-refractivity contribution in [3.05, 3.63) is 17.7 Å². The Morgan fingerprint density at radius 3 is 1.79 bits per heavy atom. The lowest BCUT2D eigenvalue weighted by Gasteiger charge is -2.18. The number of benzene rings is 1. The molecule has 0 saturated heterocycles. The zero-order valence-corrected chi connectivity index (χ0v) is 24.8. The topological polar surface area (TPSA) is 108 Å². The van der Waals surface area contributed by atoms with Crippen LogP contribution in [0.5, 0.6) is 17.2 Å². The van der Waals surface area contributed by atoms with Crippen LogP contribution in [0.3, 0.4) is 0 Å². The van der Waals surface area contributed by atoms with Crippen molar-refractivity contribution in [3.8, 4) is 54.3 Å². The van der Waals surface area contributed by atoms with E-state index in [0.29, 0.717) is 6.42 Å². The highest BCUT2D eigenvalue weighted by Gasteiger charge is 2.27. The molecule has 42 heavy (non-hydrogen) atoms. The summed E-state index contributed by atoms with van der Waals surface area (Å²) in [4.78, 5) is 37.4. The van der Waals surface area contributed by atoms with Crippen molar-refractivity contribution < 1.29 is 38.4 Å². The first-order valence-electron chi connectivity index (χ1n) is 14.7. The number of esters is 1. The molecule has 0 spiro atoms. The maximum Gasteiger partial charge on any atom is 0.309 e. The molecule has 0 bridgehead atoms. The number of terminal acetylenes is 3. The number of carbonyl (C=O) groups excluding carboxylic acids is 2. The number of unbranched alkanes of at least 4 members (excludes halogenated alkanes) is 9. The predicted octanol–water partition coefficient (Wildman–Crippen LogP) is 6.24. The monoisotopic (exact) mass is 580 g/mol. The molecule has 0 saturated carbocycles. The largest absolute Gasteiger partial charge is 0.481 e. The van der Waals surface area contributed by atoms with Crippen molar-refractivity contribution in [1.82, 2.24) is 0 Å². The van der Waals surface area contributed by atoms with Gasteiger partial charge >= 0.3 is 11.9 Å². The molecule has 1 aromatic carbocycles. The highest BCUT2D eigenvalue weighted by molar-refractivity contribution is 5.99. The van der Waals surface area contributed by atoms with Gasteiger partial charge < -0.3 is 24.1 Å². The second-order valence-electron chi connectivity index (χ2n) is 9.89. The Morgan fingerprint density at radius 2 is 1.29 bits per heavy atom. The van der Waals surface area contributed by atoms with Crippen molar-refractivity contribution in [2.45, 2.75) is 90.4 Å². The molecule has 1 atom stereocenters. The number of Topliss-reactive ketones (excluding diaryl/α,β-unsaturated/α-hetero) is 1. The summed E-state index contributed by atoms with van der Waals surface area (Å²) in [6.07, 6.45) is 26.8. The van der Waals surface area contributed by atoms with Crippen LogP contribution < -0.4 is 14.2 Å². The Kier molecular flexibility index (Phi) is 19.3. The summed E-state index contributed by atoms with van der Waals surface area (Å²) in [5.41, 5.74) is 0.143. The minimum Gasteiger partial charge on any atom is -0.481 e. The van der Waals surface area contributed by atoms with Gasteiger partial charge in [-0.15, -0.1) is 19.3 Å². The van der Waals surface area contributed by atoms with Gasteiger partial charge in [0.25, 0.3) is 0 Å². The molecule has 8 heteroatoms. The van der Waals surface area contributed by atoms with E-state index in [1.807, 2.05) is 0 Å². The van der Waals surface area contributed by atoms with Gasteiger partial charge in [0.15, 0.2) is 17.3 Å². The summed E-state index contributed by atoms with van der Waals surface area (Å²) in [6, 6.07) is 2.83. The van der Waals surface area contributed by atoms with Crippen LogP contribution in [0.2, 0.25) is 0 Å². The van der Waals surface area contributed by atoms with Gasteiger partial charge in [-0.1, -0.05) is 82.5 Å². The molecular weight excluding hydrogens is 536 g/mol. The normalized spacial score (nSPS) is 10.9. The first-order valence-corrected chi connectivity index (χ1v) is 14.7. The zero-order valence-electron chi connectivity index (χ0n) is 24.8. The Hall–Kier alpha value is -4.09. The quantitative estimate of drug-likeness (QED) is 0.0663. The summed E-state index contributed by atoms with van der Waals surface area (Å²) < 4.78 is 22.1. The third kappa shape index (κ3) is 15.1. The smallest absolute Gasteiger partial charge is 0.309 e. The predicted molar refractivity (Wildman–Crippen MR) is 162 cm³/mol. The van der Waals surface area contributed by atoms with Gasteiger partial charge in [-0.3, -0.25) is 14.4 Å². The summed E-state index contributed by atoms with van der Waals surface area (Å²) in [7, 11) is 0. The lowest BCUT2D eigenvalue weighted by atomic mass is 9.93. The second kappa shape index (κ2) is 22.6. The van der Waals surface area contributed by atoms with Gasteiger partial charge in [0.05, 0.1) is 12.5 Å². The minimum atomic E-state index is -1.07. The molecule has 0 aliphatic heterocycles. The Labute approximate surface area is 250 Å². The van der Waals surface area contributed by atoms with E-state index in [1.165, 1.54) is 50.7 Å². The summed E-state index contributed by atoms with van der Waals surface area (Å²) in [5.74, 6) is 4.35. The molecule has 0 radical (unpaired) electrons. The number of carboxylic acid groups (broad SMARTS) is 1. The van der Waals surface area contributed by atoms with Crippen LogP contribution in [0.1, 0.15) is 101 Å². The number of aliphatic carboxylic acids is 1. The lowest BCUT2D eigenvalue weighted by Crippen LogP contribution is -2.23. The van der Waals surface area contributed by atoms with Crippen LogP contribution in [0.25, 0.3) is 0 Å². The number of ether oxygens (including phenoxy) is 4. The Bertz CT molecular complexity index is 1060. The first-order chi connectivity index (χ1) is 20.4. The molecule has 0 heterocycles. The SMILES string of the molecule is C#CCOc1cc(C(=O)C[C@H](CCC(=O)O)C(=O)OCCCCCCCCCCCC)cc(OCC#C)c1OCC#C. The maximum atomic E-state index is 13.3. The van der Waals surface area contributed by atoms with E-state index in [9.17, 15) is 19.5 Å². The van der Waals surface area contributed by atoms with E-state index in [0.717, 1.165) is 19.3 Å². The molecule has 0 fully saturated rings. The Morgan fingerprint density at radius 1 is 0.786 bits per heavy atom. The highest BCUT2D eigenvalue weighted by Crippen LogP contribution is 2.39. The zero-order chi connectivity index (χ0) is 31.0. The second-order valence-corrected chi connectivity index (χ2v) is 9.89. The highest BCUT2D eigenvalue weighted by atomic mass is 16.5. The minimum absolute atomic E-state index is 0.0395. The number of carboxylic acids is 1. The number of carbonyl (C=O) groups is 3. The molecular formula is C34H44O8. The summed E-state index contributed by atoms with van der Waals surface area (Å²) >= 11 is 0. The van der Waals surface area contributed by atoms with E-state index < -0.39 is 23.6 Å². The van der Waals surface area contributed by atoms with Crippen molar-refractivity contribution in [3.63, 3.8) is 0 Å². The van der Waals surface area contributed by atoms with Crippen molar-refractivity contribution in [2.24, 2.45) is 5.92 Å². The van der Waals surface area contributed by atoms with Gasteiger partial charge in [0.2, 0.25) is 5.75 Å². The fourth-order valence-corrected chi connectivity index (χ4v) is 4.27. The molecule has 0 aliphatic carbocycles. The maximum absolute atomic E-state index is 13.3. The van der Waals surface area contributed by atoms with Crippen LogP contribution >= 0.6 is 0 Å². The molecule has 228 valence electrons.